The number of allylic oxidation sites excluding steroid dienone is 4. The number of carbonyl (C=O) groups is 3. The normalized spacial score (nSPS) is 12.1. The molecule has 0 unspecified atom stereocenters. The van der Waals surface area contributed by atoms with E-state index in [0.717, 1.165) is 136 Å². The SMILES string of the molecule is CCCCCCCC/C=C\CCCCCCCC(=O)OC[C@@H](CNC(=O)CNCCCNCCCNCCCNCCCN)OC(=O)CCCCCCC/C=C\CCCCCCCC. The number of esters is 2. The highest BCUT2D eigenvalue weighted by Crippen LogP contribution is 2.13. The first-order valence-electron chi connectivity index (χ1n) is 27.0. The van der Waals surface area contributed by atoms with Crippen LogP contribution < -0.4 is 32.3 Å². The number of rotatable bonds is 52. The van der Waals surface area contributed by atoms with Gasteiger partial charge in [-0.1, -0.05) is 141 Å². The van der Waals surface area contributed by atoms with E-state index in [-0.39, 0.29) is 37.5 Å². The molecule has 0 aliphatic carbocycles. The fourth-order valence-corrected chi connectivity index (χ4v) is 7.43. The molecule has 11 nitrogen and oxygen atoms in total. The molecule has 0 aromatic heterocycles. The molecular weight excluding hydrogens is 801 g/mol. The number of nitrogens with two attached hydrogens (primary N) is 1. The van der Waals surface area contributed by atoms with E-state index in [4.69, 9.17) is 15.2 Å². The van der Waals surface area contributed by atoms with Crippen LogP contribution in [0.3, 0.4) is 0 Å². The molecule has 0 bridgehead atoms. The van der Waals surface area contributed by atoms with Gasteiger partial charge in [0.2, 0.25) is 5.91 Å². The molecule has 64 heavy (non-hydrogen) atoms. The van der Waals surface area contributed by atoms with Crippen LogP contribution in [0.5, 0.6) is 0 Å². The molecule has 0 aromatic carbocycles. The fraction of sp³-hybridized carbons (Fsp3) is 0.868. The molecule has 0 aliphatic heterocycles. The Morgan fingerprint density at radius 2 is 0.828 bits per heavy atom. The predicted octanol–water partition coefficient (Wildman–Crippen LogP) is 10.5. The van der Waals surface area contributed by atoms with Crippen molar-refractivity contribution in [3.8, 4) is 0 Å². The van der Waals surface area contributed by atoms with Crippen LogP contribution in [0.4, 0.5) is 0 Å². The van der Waals surface area contributed by atoms with Crippen molar-refractivity contribution in [2.45, 2.75) is 225 Å². The third-order valence-electron chi connectivity index (χ3n) is 11.5. The first-order chi connectivity index (χ1) is 31.5. The molecule has 11 heteroatoms. The van der Waals surface area contributed by atoms with E-state index >= 15 is 0 Å². The Morgan fingerprint density at radius 3 is 1.27 bits per heavy atom. The lowest BCUT2D eigenvalue weighted by molar-refractivity contribution is -0.159. The molecule has 0 fully saturated rings. The third-order valence-corrected chi connectivity index (χ3v) is 11.5. The lowest BCUT2D eigenvalue weighted by Gasteiger charge is -2.19. The minimum absolute atomic E-state index is 0.0522. The Hall–Kier alpha value is -2.31. The molecule has 0 spiro atoms. The van der Waals surface area contributed by atoms with Crippen molar-refractivity contribution >= 4 is 17.8 Å². The number of carbonyl (C=O) groups excluding carboxylic acids is 3. The van der Waals surface area contributed by atoms with Gasteiger partial charge < -0.3 is 41.8 Å². The highest BCUT2D eigenvalue weighted by molar-refractivity contribution is 5.78. The second kappa shape index (κ2) is 53.3. The average molecular weight is 905 g/mol. The Kier molecular flexibility index (Phi) is 51.4. The highest BCUT2D eigenvalue weighted by Gasteiger charge is 2.18. The fourth-order valence-electron chi connectivity index (χ4n) is 7.43. The van der Waals surface area contributed by atoms with E-state index in [1.165, 1.54) is 109 Å². The quantitative estimate of drug-likeness (QED) is 0.0197. The topological polar surface area (TPSA) is 156 Å². The average Bonchev–Trinajstić information content (AvgIpc) is 3.29. The van der Waals surface area contributed by atoms with Gasteiger partial charge in [0.1, 0.15) is 6.61 Å². The molecule has 7 N–H and O–H groups in total. The van der Waals surface area contributed by atoms with Gasteiger partial charge in [-0.3, -0.25) is 14.4 Å². The van der Waals surface area contributed by atoms with Crippen LogP contribution in [-0.4, -0.2) is 96.0 Å². The van der Waals surface area contributed by atoms with E-state index in [2.05, 4.69) is 64.7 Å². The van der Waals surface area contributed by atoms with Crippen molar-refractivity contribution in [2.24, 2.45) is 5.73 Å². The van der Waals surface area contributed by atoms with Crippen molar-refractivity contribution in [2.75, 3.05) is 72.1 Å². The summed E-state index contributed by atoms with van der Waals surface area (Å²) in [6.45, 7) is 12.1. The number of hydrogen-bond acceptors (Lipinski definition) is 10. The highest BCUT2D eigenvalue weighted by atomic mass is 16.6. The van der Waals surface area contributed by atoms with Crippen molar-refractivity contribution in [1.29, 1.82) is 0 Å². The van der Waals surface area contributed by atoms with Crippen molar-refractivity contribution in [1.82, 2.24) is 26.6 Å². The van der Waals surface area contributed by atoms with Gasteiger partial charge in [-0.05, 0) is 142 Å². The summed E-state index contributed by atoms with van der Waals surface area (Å²) in [5, 5.41) is 16.4. The number of amides is 1. The minimum atomic E-state index is -0.714. The third kappa shape index (κ3) is 50.7. The molecule has 0 heterocycles. The van der Waals surface area contributed by atoms with Crippen LogP contribution in [-0.2, 0) is 23.9 Å². The van der Waals surface area contributed by atoms with E-state index in [9.17, 15) is 14.4 Å². The second-order valence-corrected chi connectivity index (χ2v) is 17.9. The molecule has 1 amide bonds. The van der Waals surface area contributed by atoms with Crippen LogP contribution in [0.1, 0.15) is 219 Å². The van der Waals surface area contributed by atoms with Gasteiger partial charge in [0.25, 0.3) is 0 Å². The maximum atomic E-state index is 12.8. The summed E-state index contributed by atoms with van der Waals surface area (Å²) in [5.41, 5.74) is 5.51. The summed E-state index contributed by atoms with van der Waals surface area (Å²) >= 11 is 0. The van der Waals surface area contributed by atoms with Crippen LogP contribution in [0, 0.1) is 0 Å². The molecule has 0 saturated heterocycles. The summed E-state index contributed by atoms with van der Waals surface area (Å²) in [5.74, 6) is -0.763. The summed E-state index contributed by atoms with van der Waals surface area (Å²) < 4.78 is 11.3. The summed E-state index contributed by atoms with van der Waals surface area (Å²) in [7, 11) is 0. The van der Waals surface area contributed by atoms with Crippen LogP contribution in [0.25, 0.3) is 0 Å². The zero-order chi connectivity index (χ0) is 46.5. The van der Waals surface area contributed by atoms with Gasteiger partial charge in [-0.2, -0.15) is 0 Å². The lowest BCUT2D eigenvalue weighted by atomic mass is 10.1. The monoisotopic (exact) mass is 905 g/mol. The van der Waals surface area contributed by atoms with E-state index in [1.54, 1.807) is 0 Å². The maximum Gasteiger partial charge on any atom is 0.306 e. The van der Waals surface area contributed by atoms with E-state index in [1.807, 2.05) is 0 Å². The number of hydrogen-bond donors (Lipinski definition) is 6. The number of ether oxygens (including phenoxy) is 2. The van der Waals surface area contributed by atoms with Crippen molar-refractivity contribution < 1.29 is 23.9 Å². The summed E-state index contributed by atoms with van der Waals surface area (Å²) in [6, 6.07) is 0. The molecule has 0 saturated carbocycles. The summed E-state index contributed by atoms with van der Waals surface area (Å²) in [6.07, 6.45) is 44.6. The second-order valence-electron chi connectivity index (χ2n) is 17.9. The number of unbranched alkanes of at least 4 members (excludes halogenated alkanes) is 22. The largest absolute Gasteiger partial charge is 0.462 e. The van der Waals surface area contributed by atoms with Crippen LogP contribution in [0.15, 0.2) is 24.3 Å². The molecule has 0 radical (unpaired) electrons. The summed E-state index contributed by atoms with van der Waals surface area (Å²) in [4.78, 5) is 38.1. The lowest BCUT2D eigenvalue weighted by Crippen LogP contribution is -2.41. The molecule has 376 valence electrons. The Labute approximate surface area is 394 Å². The van der Waals surface area contributed by atoms with E-state index < -0.39 is 6.10 Å². The number of nitrogens with one attached hydrogen (secondary N) is 5. The van der Waals surface area contributed by atoms with Crippen molar-refractivity contribution in [3.05, 3.63) is 24.3 Å². The Balaban J connectivity index is 4.35. The van der Waals surface area contributed by atoms with E-state index in [0.29, 0.717) is 12.8 Å². The molecule has 0 rings (SSSR count). The molecule has 0 aliphatic rings. The first-order valence-corrected chi connectivity index (χ1v) is 27.0. The molecular formula is C53H104N6O5. The minimum Gasteiger partial charge on any atom is -0.462 e. The zero-order valence-corrected chi connectivity index (χ0v) is 41.9. The standard InChI is InChI=1S/C53H104N6O5/c1-3-5-7-9-11-13-15-17-19-21-23-25-27-29-31-37-52(61)63-49-50(64-53(62)38-32-30-28-26-24-22-20-18-16-14-12-10-8-6-4-2)47-59-51(60)48-58-46-36-45-57-44-35-43-56-42-34-41-55-40-33-39-54/h17-20,50,55-58H,3-16,21-49,54H2,1-2H3,(H,59,60)/b19-17-,20-18-/t50-/m1/s1. The van der Waals surface area contributed by atoms with Crippen LogP contribution >= 0.6 is 0 Å². The molecule has 0 aromatic rings. The smallest absolute Gasteiger partial charge is 0.306 e. The van der Waals surface area contributed by atoms with Crippen molar-refractivity contribution in [3.63, 3.8) is 0 Å². The maximum absolute atomic E-state index is 12.8. The van der Waals surface area contributed by atoms with Crippen LogP contribution in [0.2, 0.25) is 0 Å². The Morgan fingerprint density at radius 1 is 0.453 bits per heavy atom. The van der Waals surface area contributed by atoms with Gasteiger partial charge in [-0.25, -0.2) is 0 Å². The molecule has 1 atom stereocenters. The van der Waals surface area contributed by atoms with Gasteiger partial charge in [0.15, 0.2) is 6.10 Å². The predicted molar refractivity (Wildman–Crippen MR) is 272 cm³/mol. The first kappa shape index (κ1) is 61.7. The van der Waals surface area contributed by atoms with Gasteiger partial charge in [0.05, 0.1) is 13.1 Å². The zero-order valence-electron chi connectivity index (χ0n) is 41.9. The van der Waals surface area contributed by atoms with Gasteiger partial charge in [-0.15, -0.1) is 0 Å². The van der Waals surface area contributed by atoms with Gasteiger partial charge in [0, 0.05) is 12.8 Å². The Bertz CT molecular complexity index is 1060. The van der Waals surface area contributed by atoms with Gasteiger partial charge >= 0.3 is 11.9 Å².